The minimum atomic E-state index is -0.468. The van der Waals surface area contributed by atoms with E-state index in [1.54, 1.807) is 0 Å². The maximum absolute atomic E-state index is 11.5. The van der Waals surface area contributed by atoms with E-state index in [1.807, 2.05) is 38.6 Å². The molecule has 0 aliphatic rings. The molecular formula is C20H26N2O2S. The van der Waals surface area contributed by atoms with Gasteiger partial charge >= 0.3 is 6.09 Å². The van der Waals surface area contributed by atoms with Crippen molar-refractivity contribution in [3.8, 4) is 0 Å². The number of benzene rings is 2. The van der Waals surface area contributed by atoms with Gasteiger partial charge in [0.05, 0.1) is 0 Å². The number of amides is 1. The van der Waals surface area contributed by atoms with E-state index in [4.69, 9.17) is 4.74 Å². The molecule has 0 saturated heterocycles. The highest BCUT2D eigenvalue weighted by Gasteiger charge is 2.15. The molecule has 0 aromatic heterocycles. The molecule has 2 aromatic carbocycles. The van der Waals surface area contributed by atoms with Crippen LogP contribution in [-0.2, 0) is 10.5 Å². The molecule has 2 aromatic rings. The van der Waals surface area contributed by atoms with Crippen molar-refractivity contribution in [3.05, 3.63) is 60.2 Å². The van der Waals surface area contributed by atoms with Crippen LogP contribution in [0.3, 0.4) is 0 Å². The summed E-state index contributed by atoms with van der Waals surface area (Å²) >= 11 is 1.82. The van der Waals surface area contributed by atoms with E-state index in [0.29, 0.717) is 13.1 Å². The van der Waals surface area contributed by atoms with E-state index in [0.717, 1.165) is 11.4 Å². The van der Waals surface area contributed by atoms with E-state index in [-0.39, 0.29) is 6.09 Å². The number of anilines is 1. The van der Waals surface area contributed by atoms with Gasteiger partial charge in [-0.3, -0.25) is 0 Å². The summed E-state index contributed by atoms with van der Waals surface area (Å²) in [5.74, 6) is 0.966. The van der Waals surface area contributed by atoms with Crippen molar-refractivity contribution in [2.24, 2.45) is 0 Å². The fraction of sp³-hybridized carbons (Fsp3) is 0.350. The summed E-state index contributed by atoms with van der Waals surface area (Å²) < 4.78 is 5.19. The number of nitrogens with one attached hydrogen (secondary N) is 2. The quantitative estimate of drug-likeness (QED) is 0.545. The average Bonchev–Trinajstić information content (AvgIpc) is 2.57. The third kappa shape index (κ3) is 7.98. The Morgan fingerprint density at radius 1 is 1.00 bits per heavy atom. The molecule has 2 N–H and O–H groups in total. The van der Waals surface area contributed by atoms with Gasteiger partial charge in [0.25, 0.3) is 0 Å². The number of ether oxygens (including phenoxy) is 1. The van der Waals surface area contributed by atoms with Crippen molar-refractivity contribution in [2.45, 2.75) is 37.0 Å². The third-order valence-corrected chi connectivity index (χ3v) is 4.31. The molecule has 1 amide bonds. The summed E-state index contributed by atoms with van der Waals surface area (Å²) in [6.07, 6.45) is -0.387. The standard InChI is InChI=1S/C20H26N2O2S/c1-20(2,3)24-19(23)22-14-13-21-17-9-11-18(12-10-17)25-15-16-7-5-4-6-8-16/h4-12,21H,13-15H2,1-3H3,(H,22,23). The SMILES string of the molecule is CC(C)(C)OC(=O)NCCNc1ccc(SCc2ccccc2)cc1. The Balaban J connectivity index is 1.67. The molecule has 0 aliphatic carbocycles. The number of carbonyl (C=O) groups is 1. The molecule has 0 atom stereocenters. The molecule has 0 saturated carbocycles. The van der Waals surface area contributed by atoms with Gasteiger partial charge in [-0.2, -0.15) is 0 Å². The molecule has 0 radical (unpaired) electrons. The van der Waals surface area contributed by atoms with Crippen LogP contribution >= 0.6 is 11.8 Å². The number of hydrogen-bond acceptors (Lipinski definition) is 4. The van der Waals surface area contributed by atoms with Gasteiger partial charge < -0.3 is 15.4 Å². The highest BCUT2D eigenvalue weighted by atomic mass is 32.2. The highest BCUT2D eigenvalue weighted by molar-refractivity contribution is 7.98. The first kappa shape index (κ1) is 19.2. The van der Waals surface area contributed by atoms with Crippen LogP contribution in [0.25, 0.3) is 0 Å². The lowest BCUT2D eigenvalue weighted by Crippen LogP contribution is -2.34. The van der Waals surface area contributed by atoms with Crippen LogP contribution < -0.4 is 10.6 Å². The van der Waals surface area contributed by atoms with Gasteiger partial charge in [-0.05, 0) is 50.6 Å². The molecule has 0 heterocycles. The normalized spacial score (nSPS) is 11.0. The van der Waals surface area contributed by atoms with Crippen LogP contribution in [0.15, 0.2) is 59.5 Å². The molecule has 0 unspecified atom stereocenters. The smallest absolute Gasteiger partial charge is 0.407 e. The molecule has 4 nitrogen and oxygen atoms in total. The zero-order valence-electron chi connectivity index (χ0n) is 15.0. The number of alkyl carbamates (subject to hydrolysis) is 1. The molecule has 0 fully saturated rings. The lowest BCUT2D eigenvalue weighted by atomic mass is 10.2. The lowest BCUT2D eigenvalue weighted by Gasteiger charge is -2.19. The van der Waals surface area contributed by atoms with Gasteiger partial charge in [0.15, 0.2) is 0 Å². The predicted octanol–water partition coefficient (Wildman–Crippen LogP) is 4.92. The highest BCUT2D eigenvalue weighted by Crippen LogP contribution is 2.24. The lowest BCUT2D eigenvalue weighted by molar-refractivity contribution is 0.0530. The van der Waals surface area contributed by atoms with Crippen molar-refractivity contribution in [3.63, 3.8) is 0 Å². The zero-order valence-corrected chi connectivity index (χ0v) is 15.9. The Kier molecular flexibility index (Phi) is 7.19. The Hall–Kier alpha value is -2.14. The summed E-state index contributed by atoms with van der Waals surface area (Å²) in [6.45, 7) is 6.71. The number of hydrogen-bond donors (Lipinski definition) is 2. The summed E-state index contributed by atoms with van der Waals surface area (Å²) in [6, 6.07) is 18.8. The topological polar surface area (TPSA) is 50.4 Å². The van der Waals surface area contributed by atoms with Gasteiger partial charge in [0, 0.05) is 29.4 Å². The molecule has 0 aliphatic heterocycles. The van der Waals surface area contributed by atoms with Crippen molar-refractivity contribution in [2.75, 3.05) is 18.4 Å². The van der Waals surface area contributed by atoms with Crippen molar-refractivity contribution in [1.82, 2.24) is 5.32 Å². The second-order valence-electron chi connectivity index (χ2n) is 6.65. The zero-order chi connectivity index (χ0) is 18.1. The Labute approximate surface area is 154 Å². The monoisotopic (exact) mass is 358 g/mol. The Morgan fingerprint density at radius 3 is 2.32 bits per heavy atom. The van der Waals surface area contributed by atoms with Gasteiger partial charge in [-0.25, -0.2) is 4.79 Å². The van der Waals surface area contributed by atoms with Gasteiger partial charge in [0.1, 0.15) is 5.60 Å². The summed E-state index contributed by atoms with van der Waals surface area (Å²) in [5, 5.41) is 6.02. The predicted molar refractivity (Wildman–Crippen MR) is 105 cm³/mol. The first-order valence-corrected chi connectivity index (χ1v) is 9.38. The van der Waals surface area contributed by atoms with Crippen molar-refractivity contribution < 1.29 is 9.53 Å². The van der Waals surface area contributed by atoms with Gasteiger partial charge in [0.2, 0.25) is 0 Å². The third-order valence-electron chi connectivity index (χ3n) is 3.22. The summed E-state index contributed by atoms with van der Waals surface area (Å²) in [5.41, 5.74) is 1.89. The Bertz CT molecular complexity index is 652. The molecule has 134 valence electrons. The number of rotatable bonds is 7. The van der Waals surface area contributed by atoms with E-state index < -0.39 is 5.60 Å². The van der Waals surface area contributed by atoms with E-state index in [1.165, 1.54) is 10.5 Å². The van der Waals surface area contributed by atoms with E-state index >= 15 is 0 Å². The second-order valence-corrected chi connectivity index (χ2v) is 7.70. The molecule has 0 spiro atoms. The minimum Gasteiger partial charge on any atom is -0.444 e. The van der Waals surface area contributed by atoms with Crippen LogP contribution in [0.5, 0.6) is 0 Å². The van der Waals surface area contributed by atoms with E-state index in [2.05, 4.69) is 59.2 Å². The van der Waals surface area contributed by atoms with Gasteiger partial charge in [-0.15, -0.1) is 11.8 Å². The van der Waals surface area contributed by atoms with Crippen molar-refractivity contribution in [1.29, 1.82) is 0 Å². The summed E-state index contributed by atoms with van der Waals surface area (Å²) in [4.78, 5) is 12.8. The van der Waals surface area contributed by atoms with E-state index in [9.17, 15) is 4.79 Å². The first-order chi connectivity index (χ1) is 11.9. The molecular weight excluding hydrogens is 332 g/mol. The number of carbonyl (C=O) groups excluding carboxylic acids is 1. The fourth-order valence-electron chi connectivity index (χ4n) is 2.10. The van der Waals surface area contributed by atoms with Crippen LogP contribution in [0.1, 0.15) is 26.3 Å². The molecule has 2 rings (SSSR count). The van der Waals surface area contributed by atoms with Crippen LogP contribution in [0.4, 0.5) is 10.5 Å². The maximum atomic E-state index is 11.5. The molecule has 5 heteroatoms. The van der Waals surface area contributed by atoms with Crippen LogP contribution in [0, 0.1) is 0 Å². The average molecular weight is 359 g/mol. The van der Waals surface area contributed by atoms with Gasteiger partial charge in [-0.1, -0.05) is 30.3 Å². The first-order valence-electron chi connectivity index (χ1n) is 8.40. The summed E-state index contributed by atoms with van der Waals surface area (Å²) in [7, 11) is 0. The fourth-order valence-corrected chi connectivity index (χ4v) is 2.95. The molecule has 25 heavy (non-hydrogen) atoms. The minimum absolute atomic E-state index is 0.387. The Morgan fingerprint density at radius 2 is 1.68 bits per heavy atom. The maximum Gasteiger partial charge on any atom is 0.407 e. The van der Waals surface area contributed by atoms with Crippen molar-refractivity contribution >= 4 is 23.5 Å². The van der Waals surface area contributed by atoms with Crippen LogP contribution in [0.2, 0.25) is 0 Å². The largest absolute Gasteiger partial charge is 0.444 e. The van der Waals surface area contributed by atoms with Crippen LogP contribution in [-0.4, -0.2) is 24.8 Å². The molecule has 0 bridgehead atoms. The number of thioether (sulfide) groups is 1. The second kappa shape index (κ2) is 9.37.